The van der Waals surface area contributed by atoms with Crippen molar-refractivity contribution in [3.05, 3.63) is 68.2 Å². The van der Waals surface area contributed by atoms with Gasteiger partial charge in [0.05, 0.1) is 23.2 Å². The number of aromatic nitrogens is 2. The summed E-state index contributed by atoms with van der Waals surface area (Å²) in [6, 6.07) is 2.84. The molecule has 3 aromatic rings. The van der Waals surface area contributed by atoms with E-state index in [0.717, 1.165) is 29.1 Å². The number of ether oxygens (including phenoxy) is 1. The third-order valence-corrected chi connectivity index (χ3v) is 4.35. The summed E-state index contributed by atoms with van der Waals surface area (Å²) in [6.45, 7) is 1.62. The first-order valence-electron chi connectivity index (χ1n) is 7.37. The van der Waals surface area contributed by atoms with Crippen LogP contribution in [0, 0.1) is 11.6 Å². The Morgan fingerprint density at radius 1 is 1.31 bits per heavy atom. The summed E-state index contributed by atoms with van der Waals surface area (Å²) >= 11 is 12.1. The molecule has 0 radical (unpaired) electrons. The molecule has 0 amide bonds. The minimum Gasteiger partial charge on any atom is -0.462 e. The number of hydrogen-bond acceptors (Lipinski definition) is 4. The first kappa shape index (κ1) is 18.3. The van der Waals surface area contributed by atoms with Gasteiger partial charge in [-0.05, 0) is 19.1 Å². The highest BCUT2D eigenvalue weighted by atomic mass is 35.5. The number of carbonyl (C=O) groups is 1. The van der Waals surface area contributed by atoms with Crippen molar-refractivity contribution in [3.8, 4) is 5.69 Å². The Hall–Kier alpha value is -2.51. The third kappa shape index (κ3) is 3.04. The Morgan fingerprint density at radius 3 is 2.69 bits per heavy atom. The summed E-state index contributed by atoms with van der Waals surface area (Å²) in [5.41, 5.74) is -1.13. The minimum absolute atomic E-state index is 0.0372. The van der Waals surface area contributed by atoms with E-state index in [9.17, 15) is 18.4 Å². The maximum atomic E-state index is 14.3. The standard InChI is InChI=1S/C17H10Cl2F2N2O3/c1-2-26-17(25)10-7-23(12-4-3-8(20)5-11(12)21)14-9(15(10)24)6-22-16(19)13(14)18/h3-7H,2H2,1H3. The van der Waals surface area contributed by atoms with Gasteiger partial charge in [-0.1, -0.05) is 23.2 Å². The summed E-state index contributed by atoms with van der Waals surface area (Å²) in [7, 11) is 0. The normalized spacial score (nSPS) is 11.0. The lowest BCUT2D eigenvalue weighted by atomic mass is 10.1. The van der Waals surface area contributed by atoms with Crippen LogP contribution in [-0.4, -0.2) is 22.1 Å². The molecule has 0 fully saturated rings. The SMILES string of the molecule is CCOC(=O)c1cn(-c2ccc(F)cc2F)c2c(Cl)c(Cl)ncc2c1=O. The van der Waals surface area contributed by atoms with E-state index < -0.39 is 23.0 Å². The number of rotatable bonds is 3. The molecule has 1 aromatic carbocycles. The Labute approximate surface area is 155 Å². The number of esters is 1. The van der Waals surface area contributed by atoms with Crippen LogP contribution in [0.2, 0.25) is 10.2 Å². The molecule has 2 heterocycles. The van der Waals surface area contributed by atoms with Gasteiger partial charge in [-0.25, -0.2) is 18.6 Å². The van der Waals surface area contributed by atoms with Crippen LogP contribution >= 0.6 is 23.2 Å². The Kier molecular flexibility index (Phi) is 4.93. The summed E-state index contributed by atoms with van der Waals surface area (Å²) in [6.07, 6.45) is 2.22. The van der Waals surface area contributed by atoms with E-state index in [0.29, 0.717) is 6.07 Å². The van der Waals surface area contributed by atoms with Gasteiger partial charge in [0.1, 0.15) is 27.4 Å². The molecule has 5 nitrogen and oxygen atoms in total. The molecule has 0 aliphatic carbocycles. The fourth-order valence-corrected chi connectivity index (χ4v) is 2.85. The summed E-state index contributed by atoms with van der Waals surface area (Å²) in [4.78, 5) is 28.5. The molecule has 0 aliphatic rings. The summed E-state index contributed by atoms with van der Waals surface area (Å²) < 4.78 is 33.6. The van der Waals surface area contributed by atoms with E-state index in [2.05, 4.69) is 4.98 Å². The second-order valence-electron chi connectivity index (χ2n) is 5.18. The molecular weight excluding hydrogens is 389 g/mol. The Balaban J connectivity index is 2.46. The van der Waals surface area contributed by atoms with Gasteiger partial charge in [0, 0.05) is 18.5 Å². The van der Waals surface area contributed by atoms with Crippen molar-refractivity contribution in [1.82, 2.24) is 9.55 Å². The molecule has 0 atom stereocenters. The maximum absolute atomic E-state index is 14.3. The zero-order valence-corrected chi connectivity index (χ0v) is 14.7. The molecule has 0 aliphatic heterocycles. The molecule has 26 heavy (non-hydrogen) atoms. The molecule has 0 saturated carbocycles. The van der Waals surface area contributed by atoms with Crippen molar-refractivity contribution in [3.63, 3.8) is 0 Å². The van der Waals surface area contributed by atoms with Gasteiger partial charge >= 0.3 is 5.97 Å². The molecule has 0 spiro atoms. The molecule has 134 valence electrons. The minimum atomic E-state index is -0.922. The van der Waals surface area contributed by atoms with Crippen molar-refractivity contribution < 1.29 is 18.3 Å². The Bertz CT molecular complexity index is 1100. The van der Waals surface area contributed by atoms with Gasteiger partial charge in [-0.15, -0.1) is 0 Å². The third-order valence-electron chi connectivity index (χ3n) is 3.60. The average molecular weight is 399 g/mol. The monoisotopic (exact) mass is 398 g/mol. The van der Waals surface area contributed by atoms with E-state index in [1.807, 2.05) is 0 Å². The first-order valence-corrected chi connectivity index (χ1v) is 8.12. The molecule has 0 saturated heterocycles. The van der Waals surface area contributed by atoms with Gasteiger partial charge in [0.25, 0.3) is 0 Å². The lowest BCUT2D eigenvalue weighted by Gasteiger charge is -2.15. The highest BCUT2D eigenvalue weighted by molar-refractivity contribution is 6.44. The van der Waals surface area contributed by atoms with E-state index in [1.165, 1.54) is 0 Å². The van der Waals surface area contributed by atoms with Crippen molar-refractivity contribution in [2.45, 2.75) is 6.92 Å². The number of halogens is 4. The zero-order chi connectivity index (χ0) is 19.0. The van der Waals surface area contributed by atoms with E-state index in [1.54, 1.807) is 6.92 Å². The van der Waals surface area contributed by atoms with Crippen LogP contribution in [-0.2, 0) is 4.74 Å². The predicted octanol–water partition coefficient (Wildman–Crippen LogP) is 4.15. The second kappa shape index (κ2) is 7.01. The zero-order valence-electron chi connectivity index (χ0n) is 13.2. The quantitative estimate of drug-likeness (QED) is 0.491. The van der Waals surface area contributed by atoms with Crippen LogP contribution in [0.25, 0.3) is 16.6 Å². The second-order valence-corrected chi connectivity index (χ2v) is 5.92. The molecule has 9 heteroatoms. The van der Waals surface area contributed by atoms with Gasteiger partial charge in [0.2, 0.25) is 5.43 Å². The highest BCUT2D eigenvalue weighted by Gasteiger charge is 2.21. The highest BCUT2D eigenvalue weighted by Crippen LogP contribution is 2.30. The van der Waals surface area contributed by atoms with Crippen LogP contribution in [0.15, 0.2) is 35.4 Å². The van der Waals surface area contributed by atoms with Crippen LogP contribution < -0.4 is 5.43 Å². The van der Waals surface area contributed by atoms with Crippen LogP contribution in [0.3, 0.4) is 0 Å². The summed E-state index contributed by atoms with van der Waals surface area (Å²) in [5.74, 6) is -2.59. The van der Waals surface area contributed by atoms with Crippen molar-refractivity contribution in [1.29, 1.82) is 0 Å². The average Bonchev–Trinajstić information content (AvgIpc) is 2.59. The van der Waals surface area contributed by atoms with Gasteiger partial charge in [-0.2, -0.15) is 0 Å². The molecule has 3 rings (SSSR count). The molecule has 2 aromatic heterocycles. The fraction of sp³-hybridized carbons (Fsp3) is 0.118. The number of pyridine rings is 2. The lowest BCUT2D eigenvalue weighted by Crippen LogP contribution is -2.21. The molecule has 0 N–H and O–H groups in total. The van der Waals surface area contributed by atoms with E-state index in [4.69, 9.17) is 27.9 Å². The molecule has 0 unspecified atom stereocenters. The first-order chi connectivity index (χ1) is 12.3. The number of carbonyl (C=O) groups excluding carboxylic acids is 1. The maximum Gasteiger partial charge on any atom is 0.343 e. The van der Waals surface area contributed by atoms with Crippen molar-refractivity contribution in [2.75, 3.05) is 6.61 Å². The molecule has 0 bridgehead atoms. The summed E-state index contributed by atoms with van der Waals surface area (Å²) in [5, 5.41) is -0.284. The van der Waals surface area contributed by atoms with Crippen LogP contribution in [0.5, 0.6) is 0 Å². The van der Waals surface area contributed by atoms with Crippen molar-refractivity contribution >= 4 is 40.1 Å². The van der Waals surface area contributed by atoms with Gasteiger partial charge in [-0.3, -0.25) is 4.79 Å². The largest absolute Gasteiger partial charge is 0.462 e. The fourth-order valence-electron chi connectivity index (χ4n) is 2.47. The number of fused-ring (bicyclic) bond motifs is 1. The number of hydrogen-bond donors (Lipinski definition) is 0. The van der Waals surface area contributed by atoms with Crippen LogP contribution in [0.1, 0.15) is 17.3 Å². The predicted molar refractivity (Wildman–Crippen MR) is 93.2 cm³/mol. The lowest BCUT2D eigenvalue weighted by molar-refractivity contribution is 0.0524. The van der Waals surface area contributed by atoms with Gasteiger partial charge in [0.15, 0.2) is 0 Å². The smallest absolute Gasteiger partial charge is 0.343 e. The van der Waals surface area contributed by atoms with Crippen LogP contribution in [0.4, 0.5) is 8.78 Å². The number of benzene rings is 1. The van der Waals surface area contributed by atoms with E-state index in [-0.39, 0.29) is 38.9 Å². The van der Waals surface area contributed by atoms with Gasteiger partial charge < -0.3 is 9.30 Å². The Morgan fingerprint density at radius 2 is 2.04 bits per heavy atom. The molecular formula is C17H10Cl2F2N2O3. The topological polar surface area (TPSA) is 61.2 Å². The number of nitrogens with zero attached hydrogens (tertiary/aromatic N) is 2. The van der Waals surface area contributed by atoms with Crippen molar-refractivity contribution in [2.24, 2.45) is 0 Å². The van der Waals surface area contributed by atoms with E-state index >= 15 is 0 Å².